The van der Waals surface area contributed by atoms with Crippen molar-refractivity contribution in [3.05, 3.63) is 88.4 Å². The van der Waals surface area contributed by atoms with Gasteiger partial charge in [-0.3, -0.25) is 9.59 Å². The Kier molecular flexibility index (Phi) is 13.5. The van der Waals surface area contributed by atoms with Gasteiger partial charge in [-0.1, -0.05) is 96.7 Å². The quantitative estimate of drug-likeness (QED) is 0.0966. The predicted octanol–water partition coefficient (Wildman–Crippen LogP) is 7.84. The number of hydrogen-bond donors (Lipinski definition) is 3. The maximum absolute atomic E-state index is 13.3. The molecular weight excluding hydrogens is 637 g/mol. The number of benzene rings is 2. The minimum atomic E-state index is -1.13. The van der Waals surface area contributed by atoms with E-state index in [1.54, 1.807) is 25.4 Å². The minimum absolute atomic E-state index is 0.116. The normalized spacial score (nSPS) is 12.6. The van der Waals surface area contributed by atoms with E-state index in [2.05, 4.69) is 48.3 Å². The molecular formula is C39H48N4O5S. The third-order valence-corrected chi connectivity index (χ3v) is 9.73. The molecule has 260 valence electrons. The molecule has 3 N–H and O–H groups in total. The van der Waals surface area contributed by atoms with Gasteiger partial charge in [-0.2, -0.15) is 0 Å². The average Bonchev–Trinajstić information content (AvgIpc) is 3.61. The molecule has 0 radical (unpaired) electrons. The Morgan fingerprint density at radius 3 is 2.04 bits per heavy atom. The van der Waals surface area contributed by atoms with Crippen LogP contribution in [0.3, 0.4) is 0 Å². The summed E-state index contributed by atoms with van der Waals surface area (Å²) in [5.74, 6) is -0.654. The van der Waals surface area contributed by atoms with Gasteiger partial charge in [-0.05, 0) is 53.6 Å². The molecule has 0 aliphatic carbocycles. The number of amides is 2. The fourth-order valence-electron chi connectivity index (χ4n) is 5.20. The van der Waals surface area contributed by atoms with Crippen LogP contribution in [0.5, 0.6) is 5.75 Å². The number of carbonyl (C=O) groups excluding carboxylic acids is 2. The molecule has 1 unspecified atom stereocenters. The molecule has 9 nitrogen and oxygen atoms in total. The van der Waals surface area contributed by atoms with E-state index < -0.39 is 24.0 Å². The van der Waals surface area contributed by atoms with Gasteiger partial charge >= 0.3 is 5.97 Å². The van der Waals surface area contributed by atoms with Crippen molar-refractivity contribution in [2.24, 2.45) is 0 Å². The monoisotopic (exact) mass is 684 g/mol. The zero-order valence-electron chi connectivity index (χ0n) is 29.1. The Bertz CT molecular complexity index is 1660. The van der Waals surface area contributed by atoms with E-state index in [1.807, 2.05) is 54.6 Å². The molecule has 2 aromatic heterocycles. The first-order valence-electron chi connectivity index (χ1n) is 17.1. The molecule has 2 atom stereocenters. The van der Waals surface area contributed by atoms with Crippen molar-refractivity contribution in [2.45, 2.75) is 97.1 Å². The van der Waals surface area contributed by atoms with E-state index in [1.165, 1.54) is 37.0 Å². The van der Waals surface area contributed by atoms with Crippen LogP contribution in [0.2, 0.25) is 0 Å². The van der Waals surface area contributed by atoms with Crippen molar-refractivity contribution in [1.29, 1.82) is 0 Å². The molecule has 0 saturated heterocycles. The largest absolute Gasteiger partial charge is 0.494 e. The van der Waals surface area contributed by atoms with Crippen molar-refractivity contribution in [1.82, 2.24) is 20.6 Å². The summed E-state index contributed by atoms with van der Waals surface area (Å²) < 4.78 is 5.89. The van der Waals surface area contributed by atoms with Crippen molar-refractivity contribution in [3.63, 3.8) is 0 Å². The van der Waals surface area contributed by atoms with E-state index in [4.69, 9.17) is 4.74 Å². The summed E-state index contributed by atoms with van der Waals surface area (Å²) in [4.78, 5) is 48.8. The van der Waals surface area contributed by atoms with Crippen LogP contribution in [0.15, 0.2) is 73.1 Å². The Balaban J connectivity index is 1.41. The number of ether oxygens (including phenoxy) is 1. The Labute approximate surface area is 293 Å². The lowest BCUT2D eigenvalue weighted by Crippen LogP contribution is -2.52. The van der Waals surface area contributed by atoms with Crippen LogP contribution in [0.4, 0.5) is 0 Å². The van der Waals surface area contributed by atoms with Crippen molar-refractivity contribution in [3.8, 4) is 28.3 Å². The number of aromatic nitrogens is 2. The fraction of sp³-hybridized carbons (Fsp3) is 0.410. The van der Waals surface area contributed by atoms with E-state index in [0.717, 1.165) is 45.9 Å². The maximum Gasteiger partial charge on any atom is 0.326 e. The second-order valence-corrected chi connectivity index (χ2v) is 14.3. The average molecular weight is 685 g/mol. The molecule has 2 heterocycles. The highest BCUT2D eigenvalue weighted by Crippen LogP contribution is 2.29. The smallest absolute Gasteiger partial charge is 0.326 e. The number of carbonyl (C=O) groups is 3. The van der Waals surface area contributed by atoms with Gasteiger partial charge in [-0.25, -0.2) is 14.8 Å². The summed E-state index contributed by atoms with van der Waals surface area (Å²) in [6, 6.07) is 17.0. The number of rotatable bonds is 17. The van der Waals surface area contributed by atoms with Crippen LogP contribution in [0.1, 0.15) is 93.3 Å². The highest BCUT2D eigenvalue weighted by atomic mass is 32.1. The molecule has 0 bridgehead atoms. The van der Waals surface area contributed by atoms with Crippen LogP contribution in [-0.4, -0.2) is 51.5 Å². The van der Waals surface area contributed by atoms with Crippen LogP contribution in [0.25, 0.3) is 22.5 Å². The summed E-state index contributed by atoms with van der Waals surface area (Å²) in [5.41, 5.74) is 3.36. The first-order valence-corrected chi connectivity index (χ1v) is 17.9. The molecule has 4 rings (SSSR count). The minimum Gasteiger partial charge on any atom is -0.494 e. The van der Waals surface area contributed by atoms with Gasteiger partial charge in [0.2, 0.25) is 5.91 Å². The molecule has 0 aliphatic rings. The highest BCUT2D eigenvalue weighted by molar-refractivity contribution is 7.14. The van der Waals surface area contributed by atoms with Gasteiger partial charge in [0, 0.05) is 34.8 Å². The Morgan fingerprint density at radius 2 is 1.45 bits per heavy atom. The molecule has 4 aromatic rings. The Morgan fingerprint density at radius 1 is 0.796 bits per heavy atom. The molecule has 0 fully saturated rings. The number of nitrogens with zero attached hydrogens (tertiary/aromatic N) is 2. The van der Waals surface area contributed by atoms with Crippen LogP contribution >= 0.6 is 11.3 Å². The van der Waals surface area contributed by atoms with Gasteiger partial charge < -0.3 is 20.5 Å². The molecule has 0 saturated carbocycles. The van der Waals surface area contributed by atoms with E-state index in [9.17, 15) is 19.5 Å². The number of aliphatic carboxylic acids is 1. The summed E-state index contributed by atoms with van der Waals surface area (Å²) in [6.07, 6.45) is 9.98. The van der Waals surface area contributed by atoms with E-state index >= 15 is 0 Å². The van der Waals surface area contributed by atoms with Gasteiger partial charge in [0.1, 0.15) is 17.8 Å². The second kappa shape index (κ2) is 17.7. The number of hydrogen-bond acceptors (Lipinski definition) is 7. The van der Waals surface area contributed by atoms with Crippen LogP contribution in [-0.2, 0) is 21.4 Å². The standard InChI is InChI=1S/C39H48N4O5S/c1-6-8-9-10-11-22-48-30-18-16-27(17-19-30)29-24-40-35(41-25-29)28-14-12-26(13-15-28)23-32(36(44)42-31(7-2)38(46)47)43-37(45)33-20-21-34(49-33)39(3,4)5/h12-21,24-25,31-32H,6-11,22-23H2,1-5H3,(H,42,44)(H,43,45)(H,46,47)/t31-,32?/m1/s1. The van der Waals surface area contributed by atoms with Gasteiger partial charge in [0.15, 0.2) is 5.82 Å². The lowest BCUT2D eigenvalue weighted by atomic mass is 9.95. The SMILES string of the molecule is CCCCCCCOc1ccc(-c2cnc(-c3ccc(CC(NC(=O)c4ccc(C(C)(C)C)s4)C(=O)N[C@H](CC)C(=O)O)cc3)nc2)cc1. The van der Waals surface area contributed by atoms with Gasteiger partial charge in [0.05, 0.1) is 11.5 Å². The summed E-state index contributed by atoms with van der Waals surface area (Å²) in [7, 11) is 0. The summed E-state index contributed by atoms with van der Waals surface area (Å²) in [6.45, 7) is 10.8. The molecule has 0 aliphatic heterocycles. The van der Waals surface area contributed by atoms with Crippen LogP contribution < -0.4 is 15.4 Å². The number of thiophene rings is 1. The number of unbranched alkanes of at least 4 members (excludes halogenated alkanes) is 4. The number of nitrogens with one attached hydrogen (secondary N) is 2. The summed E-state index contributed by atoms with van der Waals surface area (Å²) in [5, 5.41) is 14.9. The van der Waals surface area contributed by atoms with Gasteiger partial charge in [0.25, 0.3) is 5.91 Å². The van der Waals surface area contributed by atoms with E-state index in [-0.39, 0.29) is 24.2 Å². The Hall–Kier alpha value is -4.57. The summed E-state index contributed by atoms with van der Waals surface area (Å²) >= 11 is 1.38. The lowest BCUT2D eigenvalue weighted by Gasteiger charge is -2.21. The lowest BCUT2D eigenvalue weighted by molar-refractivity contribution is -0.142. The first kappa shape index (κ1) is 37.3. The molecule has 0 spiro atoms. The van der Waals surface area contributed by atoms with Gasteiger partial charge in [-0.15, -0.1) is 11.3 Å². The molecule has 10 heteroatoms. The number of carboxylic acid groups (broad SMARTS) is 1. The fourth-order valence-corrected chi connectivity index (χ4v) is 6.17. The maximum atomic E-state index is 13.3. The van der Waals surface area contributed by atoms with Crippen molar-refractivity contribution >= 4 is 29.1 Å². The molecule has 49 heavy (non-hydrogen) atoms. The number of carboxylic acids is 1. The third-order valence-electron chi connectivity index (χ3n) is 8.22. The highest BCUT2D eigenvalue weighted by Gasteiger charge is 2.27. The topological polar surface area (TPSA) is 131 Å². The third kappa shape index (κ3) is 11.0. The van der Waals surface area contributed by atoms with Crippen molar-refractivity contribution < 1.29 is 24.2 Å². The molecule has 2 aromatic carbocycles. The zero-order valence-corrected chi connectivity index (χ0v) is 29.9. The first-order chi connectivity index (χ1) is 23.5. The zero-order chi connectivity index (χ0) is 35.4. The molecule has 2 amide bonds. The van der Waals surface area contributed by atoms with Crippen molar-refractivity contribution in [2.75, 3.05) is 6.61 Å². The van der Waals surface area contributed by atoms with E-state index in [0.29, 0.717) is 10.7 Å². The van der Waals surface area contributed by atoms with Crippen LogP contribution in [0, 0.1) is 0 Å². The second-order valence-electron chi connectivity index (χ2n) is 13.2. The predicted molar refractivity (Wildman–Crippen MR) is 195 cm³/mol.